The third-order valence-electron chi connectivity index (χ3n) is 2.35. The smallest absolute Gasteiger partial charge is 0.128 e. The Labute approximate surface area is 86.2 Å². The molecule has 0 aliphatic rings. The van der Waals surface area contributed by atoms with Crippen molar-refractivity contribution in [2.75, 3.05) is 0 Å². The van der Waals surface area contributed by atoms with E-state index in [4.69, 9.17) is 0 Å². The van der Waals surface area contributed by atoms with Crippen molar-refractivity contribution in [1.29, 1.82) is 0 Å². The van der Waals surface area contributed by atoms with Crippen LogP contribution in [0, 0.1) is 18.6 Å². The molecule has 0 radical (unpaired) electrons. The number of halogens is 2. The zero-order chi connectivity index (χ0) is 10.8. The number of nitrogens with zero attached hydrogens (tertiary/aromatic N) is 2. The molecule has 0 fully saturated rings. The van der Waals surface area contributed by atoms with E-state index >= 15 is 0 Å². The van der Waals surface area contributed by atoms with Crippen LogP contribution in [0.3, 0.4) is 0 Å². The van der Waals surface area contributed by atoms with Crippen LogP contribution in [-0.4, -0.2) is 9.78 Å². The summed E-state index contributed by atoms with van der Waals surface area (Å²) in [6.45, 7) is 1.82. The average Bonchev–Trinajstić information content (AvgIpc) is 2.71. The van der Waals surface area contributed by atoms with Gasteiger partial charge in [-0.15, -0.1) is 0 Å². The Balaban J connectivity index is 2.39. The molecule has 0 N–H and O–H groups in total. The lowest BCUT2D eigenvalue weighted by Crippen LogP contribution is -2.05. The average molecular weight is 208 g/mol. The summed E-state index contributed by atoms with van der Waals surface area (Å²) in [5, 5.41) is 3.95. The largest absolute Gasteiger partial charge is 0.268 e. The molecule has 0 unspecified atom stereocenters. The third kappa shape index (κ3) is 1.88. The van der Waals surface area contributed by atoms with Gasteiger partial charge in [0.05, 0.1) is 6.54 Å². The highest BCUT2D eigenvalue weighted by atomic mass is 19.1. The van der Waals surface area contributed by atoms with Crippen LogP contribution in [0.1, 0.15) is 11.1 Å². The van der Waals surface area contributed by atoms with E-state index in [9.17, 15) is 8.78 Å². The Kier molecular flexibility index (Phi) is 2.49. The fourth-order valence-electron chi connectivity index (χ4n) is 1.45. The van der Waals surface area contributed by atoms with Gasteiger partial charge in [-0.05, 0) is 30.7 Å². The van der Waals surface area contributed by atoms with E-state index in [1.807, 2.05) is 0 Å². The first kappa shape index (κ1) is 9.83. The molecule has 0 saturated heterocycles. The predicted molar refractivity (Wildman–Crippen MR) is 52.4 cm³/mol. The minimum absolute atomic E-state index is 0.252. The van der Waals surface area contributed by atoms with E-state index in [0.29, 0.717) is 11.1 Å². The maximum absolute atomic E-state index is 13.4. The summed E-state index contributed by atoms with van der Waals surface area (Å²) < 4.78 is 28.2. The van der Waals surface area contributed by atoms with Gasteiger partial charge in [0, 0.05) is 18.0 Å². The first-order valence-corrected chi connectivity index (χ1v) is 4.59. The molecule has 2 rings (SSSR count). The first-order chi connectivity index (χ1) is 7.18. The Bertz CT molecular complexity index is 464. The normalized spacial score (nSPS) is 10.6. The van der Waals surface area contributed by atoms with Gasteiger partial charge >= 0.3 is 0 Å². The zero-order valence-electron chi connectivity index (χ0n) is 8.24. The number of hydrogen-bond acceptors (Lipinski definition) is 1. The van der Waals surface area contributed by atoms with Crippen molar-refractivity contribution >= 4 is 0 Å². The lowest BCUT2D eigenvalue weighted by molar-refractivity contribution is 0.559. The summed E-state index contributed by atoms with van der Waals surface area (Å²) in [7, 11) is 0. The molecule has 0 spiro atoms. The van der Waals surface area contributed by atoms with Crippen molar-refractivity contribution in [2.24, 2.45) is 0 Å². The monoisotopic (exact) mass is 208 g/mol. The third-order valence-corrected chi connectivity index (χ3v) is 2.35. The summed E-state index contributed by atoms with van der Waals surface area (Å²) in [5.74, 6) is -0.789. The summed E-state index contributed by atoms with van der Waals surface area (Å²) in [4.78, 5) is 0. The second-order valence-electron chi connectivity index (χ2n) is 3.34. The van der Waals surface area contributed by atoms with Crippen molar-refractivity contribution in [3.05, 3.63) is 53.4 Å². The van der Waals surface area contributed by atoms with Gasteiger partial charge in [-0.3, -0.25) is 4.68 Å². The number of hydrogen-bond donors (Lipinski definition) is 0. The maximum Gasteiger partial charge on any atom is 0.128 e. The quantitative estimate of drug-likeness (QED) is 0.741. The van der Waals surface area contributed by atoms with Crippen molar-refractivity contribution in [3.8, 4) is 0 Å². The number of benzene rings is 1. The fourth-order valence-corrected chi connectivity index (χ4v) is 1.45. The minimum atomic E-state index is -0.399. The zero-order valence-corrected chi connectivity index (χ0v) is 8.24. The van der Waals surface area contributed by atoms with Gasteiger partial charge in [0.2, 0.25) is 0 Å². The molecule has 0 atom stereocenters. The molecule has 0 bridgehead atoms. The van der Waals surface area contributed by atoms with Crippen LogP contribution < -0.4 is 0 Å². The van der Waals surface area contributed by atoms with Crippen molar-refractivity contribution in [2.45, 2.75) is 13.5 Å². The van der Waals surface area contributed by atoms with Gasteiger partial charge in [-0.25, -0.2) is 8.78 Å². The van der Waals surface area contributed by atoms with E-state index in [0.717, 1.165) is 12.1 Å². The summed E-state index contributed by atoms with van der Waals surface area (Å²) >= 11 is 0. The van der Waals surface area contributed by atoms with Crippen molar-refractivity contribution < 1.29 is 8.78 Å². The Morgan fingerprint density at radius 3 is 2.67 bits per heavy atom. The van der Waals surface area contributed by atoms with Crippen LogP contribution in [-0.2, 0) is 6.54 Å². The van der Waals surface area contributed by atoms with Crippen LogP contribution in [0.25, 0.3) is 0 Å². The molecule has 0 aliphatic carbocycles. The molecule has 0 aliphatic heterocycles. The van der Waals surface area contributed by atoms with Crippen LogP contribution in [0.15, 0.2) is 30.6 Å². The minimum Gasteiger partial charge on any atom is -0.268 e. The SMILES string of the molecule is Cc1c(F)ccc(F)c1Cn1cccn1. The van der Waals surface area contributed by atoms with Crippen LogP contribution in [0.5, 0.6) is 0 Å². The van der Waals surface area contributed by atoms with Gasteiger partial charge in [-0.1, -0.05) is 0 Å². The molecular weight excluding hydrogens is 198 g/mol. The van der Waals surface area contributed by atoms with Crippen LogP contribution >= 0.6 is 0 Å². The molecule has 1 aromatic heterocycles. The lowest BCUT2D eigenvalue weighted by Gasteiger charge is -2.08. The molecule has 0 saturated carbocycles. The van der Waals surface area contributed by atoms with Gasteiger partial charge < -0.3 is 0 Å². The summed E-state index contributed by atoms with van der Waals surface area (Å²) in [6, 6.07) is 4.02. The second kappa shape index (κ2) is 3.81. The van der Waals surface area contributed by atoms with E-state index < -0.39 is 11.6 Å². The first-order valence-electron chi connectivity index (χ1n) is 4.59. The van der Waals surface area contributed by atoms with Gasteiger partial charge in [0.15, 0.2) is 0 Å². The molecule has 15 heavy (non-hydrogen) atoms. The lowest BCUT2D eigenvalue weighted by atomic mass is 10.1. The standard InChI is InChI=1S/C11H10F2N2/c1-8-9(7-15-6-2-5-14-15)11(13)4-3-10(8)12/h2-6H,7H2,1H3. The van der Waals surface area contributed by atoms with E-state index in [1.165, 1.54) is 0 Å². The van der Waals surface area contributed by atoms with Gasteiger partial charge in [0.1, 0.15) is 11.6 Å². The second-order valence-corrected chi connectivity index (χ2v) is 3.34. The summed E-state index contributed by atoms with van der Waals surface area (Å²) in [5.41, 5.74) is 0.684. The fraction of sp³-hybridized carbons (Fsp3) is 0.182. The topological polar surface area (TPSA) is 17.8 Å². The van der Waals surface area contributed by atoms with E-state index in [-0.39, 0.29) is 6.54 Å². The Hall–Kier alpha value is -1.71. The van der Waals surface area contributed by atoms with Crippen molar-refractivity contribution in [3.63, 3.8) is 0 Å². The Morgan fingerprint density at radius 2 is 2.00 bits per heavy atom. The number of aromatic nitrogens is 2. The van der Waals surface area contributed by atoms with Gasteiger partial charge in [-0.2, -0.15) is 5.10 Å². The van der Waals surface area contributed by atoms with Crippen LogP contribution in [0.2, 0.25) is 0 Å². The highest BCUT2D eigenvalue weighted by Crippen LogP contribution is 2.17. The molecule has 2 nitrogen and oxygen atoms in total. The van der Waals surface area contributed by atoms with E-state index in [1.54, 1.807) is 30.1 Å². The van der Waals surface area contributed by atoms with Crippen molar-refractivity contribution in [1.82, 2.24) is 9.78 Å². The number of rotatable bonds is 2. The summed E-state index contributed by atoms with van der Waals surface area (Å²) in [6.07, 6.45) is 3.32. The molecule has 78 valence electrons. The predicted octanol–water partition coefficient (Wildman–Crippen LogP) is 2.52. The Morgan fingerprint density at radius 1 is 1.27 bits per heavy atom. The molecule has 0 amide bonds. The maximum atomic E-state index is 13.4. The highest BCUT2D eigenvalue weighted by Gasteiger charge is 2.10. The molecule has 2 aromatic rings. The molecule has 1 heterocycles. The molecule has 1 aromatic carbocycles. The van der Waals surface area contributed by atoms with E-state index in [2.05, 4.69) is 5.10 Å². The van der Waals surface area contributed by atoms with Crippen LogP contribution in [0.4, 0.5) is 8.78 Å². The van der Waals surface area contributed by atoms with Gasteiger partial charge in [0.25, 0.3) is 0 Å². The molecule has 4 heteroatoms. The molecular formula is C11H10F2N2. The highest BCUT2D eigenvalue weighted by molar-refractivity contribution is 5.29.